The zero-order valence-electron chi connectivity index (χ0n) is 10.4. The molecule has 0 saturated carbocycles. The topological polar surface area (TPSA) is 49.3 Å². The number of hydrogen-bond donors (Lipinski definition) is 2. The van der Waals surface area contributed by atoms with E-state index in [1.807, 2.05) is 6.92 Å². The second-order valence-electron chi connectivity index (χ2n) is 4.23. The van der Waals surface area contributed by atoms with Gasteiger partial charge in [0.2, 0.25) is 0 Å². The Bertz CT molecular complexity index is 565. The van der Waals surface area contributed by atoms with Crippen molar-refractivity contribution in [1.29, 1.82) is 0 Å². The van der Waals surface area contributed by atoms with Crippen LogP contribution in [0, 0.1) is 5.82 Å². The Hall–Kier alpha value is -1.72. The predicted octanol–water partition coefficient (Wildman–Crippen LogP) is 3.44. The van der Waals surface area contributed by atoms with Crippen LogP contribution in [0.1, 0.15) is 33.8 Å². The van der Waals surface area contributed by atoms with Crippen molar-refractivity contribution in [3.63, 3.8) is 0 Å². The molecule has 0 saturated heterocycles. The summed E-state index contributed by atoms with van der Waals surface area (Å²) in [7, 11) is 0. The summed E-state index contributed by atoms with van der Waals surface area (Å²) in [6, 6.07) is 8.11. The van der Waals surface area contributed by atoms with Crippen LogP contribution in [0.3, 0.4) is 0 Å². The summed E-state index contributed by atoms with van der Waals surface area (Å²) >= 11 is 1.22. The average molecular weight is 279 g/mol. The highest BCUT2D eigenvalue weighted by Crippen LogP contribution is 2.19. The van der Waals surface area contributed by atoms with Gasteiger partial charge >= 0.3 is 5.97 Å². The zero-order valence-corrected chi connectivity index (χ0v) is 11.2. The van der Waals surface area contributed by atoms with Crippen molar-refractivity contribution >= 4 is 17.3 Å². The summed E-state index contributed by atoms with van der Waals surface area (Å²) in [5.41, 5.74) is 1.74. The van der Waals surface area contributed by atoms with Crippen molar-refractivity contribution in [1.82, 2.24) is 5.32 Å². The quantitative estimate of drug-likeness (QED) is 0.881. The molecule has 1 heterocycles. The molecule has 2 rings (SSSR count). The minimum atomic E-state index is -0.902. The first-order valence-electron chi connectivity index (χ1n) is 5.86. The third-order valence-electron chi connectivity index (χ3n) is 2.91. The van der Waals surface area contributed by atoms with E-state index in [9.17, 15) is 9.18 Å². The standard InChI is InChI=1S/C14H14FNO2S/c1-9(10-2-4-12(15)5-3-10)16-8-11-6-7-19-13(11)14(17)18/h2-7,9,16H,8H2,1H3,(H,17,18). The number of carboxylic acid groups (broad SMARTS) is 1. The smallest absolute Gasteiger partial charge is 0.346 e. The Morgan fingerprint density at radius 2 is 2.05 bits per heavy atom. The van der Waals surface area contributed by atoms with Gasteiger partial charge in [0.15, 0.2) is 0 Å². The molecule has 0 radical (unpaired) electrons. The van der Waals surface area contributed by atoms with Crippen molar-refractivity contribution < 1.29 is 14.3 Å². The van der Waals surface area contributed by atoms with Gasteiger partial charge in [-0.25, -0.2) is 9.18 Å². The van der Waals surface area contributed by atoms with Crippen molar-refractivity contribution in [3.8, 4) is 0 Å². The maximum absolute atomic E-state index is 12.8. The van der Waals surface area contributed by atoms with E-state index in [-0.39, 0.29) is 11.9 Å². The highest BCUT2D eigenvalue weighted by molar-refractivity contribution is 7.12. The molecule has 0 aliphatic carbocycles. The van der Waals surface area contributed by atoms with E-state index in [0.29, 0.717) is 11.4 Å². The first-order valence-corrected chi connectivity index (χ1v) is 6.74. The van der Waals surface area contributed by atoms with Crippen molar-refractivity contribution in [2.75, 3.05) is 0 Å². The molecule has 0 spiro atoms. The van der Waals surface area contributed by atoms with Gasteiger partial charge in [0.05, 0.1) is 0 Å². The van der Waals surface area contributed by atoms with Crippen LogP contribution in [-0.4, -0.2) is 11.1 Å². The van der Waals surface area contributed by atoms with Crippen LogP contribution in [0.5, 0.6) is 0 Å². The molecular weight excluding hydrogens is 265 g/mol. The Kier molecular flexibility index (Phi) is 4.29. The van der Waals surface area contributed by atoms with Crippen molar-refractivity contribution in [2.24, 2.45) is 0 Å². The number of hydrogen-bond acceptors (Lipinski definition) is 3. The molecule has 2 aromatic rings. The lowest BCUT2D eigenvalue weighted by Crippen LogP contribution is -2.18. The molecule has 0 aliphatic rings. The number of rotatable bonds is 5. The first kappa shape index (κ1) is 13.7. The van der Waals surface area contributed by atoms with E-state index in [1.165, 1.54) is 23.5 Å². The largest absolute Gasteiger partial charge is 0.477 e. The molecule has 1 aromatic carbocycles. The molecule has 0 fully saturated rings. The molecular formula is C14H14FNO2S. The Morgan fingerprint density at radius 3 is 2.68 bits per heavy atom. The zero-order chi connectivity index (χ0) is 13.8. The van der Waals surface area contributed by atoms with Crippen LogP contribution in [0.25, 0.3) is 0 Å². The molecule has 1 atom stereocenters. The maximum Gasteiger partial charge on any atom is 0.346 e. The summed E-state index contributed by atoms with van der Waals surface area (Å²) in [6.07, 6.45) is 0. The van der Waals surface area contributed by atoms with Crippen molar-refractivity contribution in [3.05, 3.63) is 57.5 Å². The fraction of sp³-hybridized carbons (Fsp3) is 0.214. The van der Waals surface area contributed by atoms with E-state index < -0.39 is 5.97 Å². The summed E-state index contributed by atoms with van der Waals surface area (Å²) in [5, 5.41) is 14.0. The van der Waals surface area contributed by atoms with Gasteiger partial charge in [-0.05, 0) is 41.6 Å². The Morgan fingerprint density at radius 1 is 1.37 bits per heavy atom. The van der Waals surface area contributed by atoms with Crippen LogP contribution < -0.4 is 5.32 Å². The van der Waals surface area contributed by atoms with E-state index in [2.05, 4.69) is 5.32 Å². The number of aromatic carboxylic acids is 1. The van der Waals surface area contributed by atoms with E-state index in [4.69, 9.17) is 5.11 Å². The van der Waals surface area contributed by atoms with E-state index in [0.717, 1.165) is 11.1 Å². The van der Waals surface area contributed by atoms with Gasteiger partial charge in [-0.15, -0.1) is 11.3 Å². The molecule has 19 heavy (non-hydrogen) atoms. The van der Waals surface area contributed by atoms with Gasteiger partial charge in [-0.2, -0.15) is 0 Å². The van der Waals surface area contributed by atoms with Crippen LogP contribution in [-0.2, 0) is 6.54 Å². The molecule has 3 nitrogen and oxygen atoms in total. The molecule has 1 unspecified atom stereocenters. The molecule has 0 aliphatic heterocycles. The van der Waals surface area contributed by atoms with Crippen molar-refractivity contribution in [2.45, 2.75) is 19.5 Å². The van der Waals surface area contributed by atoms with Crippen LogP contribution in [0.2, 0.25) is 0 Å². The minimum Gasteiger partial charge on any atom is -0.477 e. The summed E-state index contributed by atoms with van der Waals surface area (Å²) in [5.74, 6) is -1.16. The van der Waals surface area contributed by atoms with Crippen LogP contribution >= 0.6 is 11.3 Å². The Labute approximate surface area is 114 Å². The average Bonchev–Trinajstić information content (AvgIpc) is 2.85. The monoisotopic (exact) mass is 279 g/mol. The molecule has 1 aromatic heterocycles. The molecule has 100 valence electrons. The van der Waals surface area contributed by atoms with E-state index >= 15 is 0 Å². The Balaban J connectivity index is 2.00. The lowest BCUT2D eigenvalue weighted by Gasteiger charge is -2.14. The predicted molar refractivity (Wildman–Crippen MR) is 72.9 cm³/mol. The molecule has 0 amide bonds. The number of benzene rings is 1. The molecule has 2 N–H and O–H groups in total. The number of carboxylic acids is 1. The first-order chi connectivity index (χ1) is 9.08. The fourth-order valence-corrected chi connectivity index (χ4v) is 2.56. The summed E-state index contributed by atoms with van der Waals surface area (Å²) in [6.45, 7) is 2.43. The van der Waals surface area contributed by atoms with E-state index in [1.54, 1.807) is 23.6 Å². The highest BCUT2D eigenvalue weighted by Gasteiger charge is 2.12. The van der Waals surface area contributed by atoms with Gasteiger partial charge in [0, 0.05) is 12.6 Å². The summed E-state index contributed by atoms with van der Waals surface area (Å²) < 4.78 is 12.8. The summed E-state index contributed by atoms with van der Waals surface area (Å²) in [4.78, 5) is 11.3. The van der Waals surface area contributed by atoms with Crippen LogP contribution in [0.15, 0.2) is 35.7 Å². The second-order valence-corrected chi connectivity index (χ2v) is 5.15. The lowest BCUT2D eigenvalue weighted by molar-refractivity contribution is 0.0701. The number of carbonyl (C=O) groups is 1. The minimum absolute atomic E-state index is 0.0298. The van der Waals surface area contributed by atoms with Gasteiger partial charge < -0.3 is 10.4 Å². The SMILES string of the molecule is CC(NCc1ccsc1C(=O)O)c1ccc(F)cc1. The van der Waals surface area contributed by atoms with Crippen LogP contribution in [0.4, 0.5) is 4.39 Å². The number of nitrogens with one attached hydrogen (secondary N) is 1. The second kappa shape index (κ2) is 5.95. The molecule has 5 heteroatoms. The molecule has 0 bridgehead atoms. The van der Waals surface area contributed by atoms with Gasteiger partial charge in [0.1, 0.15) is 10.7 Å². The maximum atomic E-state index is 12.8. The lowest BCUT2D eigenvalue weighted by atomic mass is 10.1. The highest BCUT2D eigenvalue weighted by atomic mass is 32.1. The third kappa shape index (κ3) is 3.39. The van der Waals surface area contributed by atoms with Gasteiger partial charge in [0.25, 0.3) is 0 Å². The van der Waals surface area contributed by atoms with Gasteiger partial charge in [-0.1, -0.05) is 12.1 Å². The fourth-order valence-electron chi connectivity index (χ4n) is 1.79. The number of thiophene rings is 1. The third-order valence-corrected chi connectivity index (χ3v) is 3.85. The normalized spacial score (nSPS) is 12.3. The number of halogens is 1. The van der Waals surface area contributed by atoms with Gasteiger partial charge in [-0.3, -0.25) is 0 Å².